The quantitative estimate of drug-likeness (QED) is 0.783. The fourth-order valence-electron chi connectivity index (χ4n) is 3.59. The van der Waals surface area contributed by atoms with E-state index >= 15 is 0 Å². The van der Waals surface area contributed by atoms with Gasteiger partial charge in [-0.2, -0.15) is 0 Å². The van der Waals surface area contributed by atoms with Gasteiger partial charge in [-0.1, -0.05) is 6.42 Å². The van der Waals surface area contributed by atoms with Crippen molar-refractivity contribution in [3.05, 3.63) is 33.9 Å². The van der Waals surface area contributed by atoms with Gasteiger partial charge < -0.3 is 20.0 Å². The lowest BCUT2D eigenvalue weighted by Gasteiger charge is -2.32. The van der Waals surface area contributed by atoms with E-state index < -0.39 is 11.9 Å². The lowest BCUT2D eigenvalue weighted by molar-refractivity contribution is -0.143. The Balaban J connectivity index is 1.72. The Bertz CT molecular complexity index is 799. The number of carbonyl (C=O) groups excluding carboxylic acids is 3. The first-order valence-electron chi connectivity index (χ1n) is 9.40. The monoisotopic (exact) mass is 375 g/mol. The number of carbonyl (C=O) groups is 3. The van der Waals surface area contributed by atoms with Crippen LogP contribution in [0.25, 0.3) is 0 Å². The molecule has 0 aromatic carbocycles. The molecule has 1 aliphatic carbocycles. The van der Waals surface area contributed by atoms with Crippen LogP contribution in [0.3, 0.4) is 0 Å². The zero-order chi connectivity index (χ0) is 19.6. The topological polar surface area (TPSA) is 109 Å². The van der Waals surface area contributed by atoms with E-state index in [0.29, 0.717) is 18.7 Å². The first-order chi connectivity index (χ1) is 12.9. The fourth-order valence-corrected chi connectivity index (χ4v) is 3.59. The van der Waals surface area contributed by atoms with Gasteiger partial charge in [0.15, 0.2) is 11.2 Å². The largest absolute Gasteiger partial charge is 0.456 e. The first-order valence-corrected chi connectivity index (χ1v) is 9.40. The molecule has 1 saturated carbocycles. The van der Waals surface area contributed by atoms with Crippen LogP contribution in [0.4, 0.5) is 0 Å². The second kappa shape index (κ2) is 7.94. The van der Waals surface area contributed by atoms with Crippen molar-refractivity contribution in [2.24, 2.45) is 5.92 Å². The molecule has 2 N–H and O–H groups in total. The van der Waals surface area contributed by atoms with Crippen molar-refractivity contribution in [3.63, 3.8) is 0 Å². The average molecular weight is 375 g/mol. The van der Waals surface area contributed by atoms with Gasteiger partial charge in [0.1, 0.15) is 11.8 Å². The summed E-state index contributed by atoms with van der Waals surface area (Å²) < 4.78 is 5.31. The molecule has 8 nitrogen and oxygen atoms in total. The van der Waals surface area contributed by atoms with E-state index in [0.717, 1.165) is 25.3 Å². The number of nitrogens with zero attached hydrogens (tertiary/aromatic N) is 1. The smallest absolute Gasteiger partial charge is 0.287 e. The van der Waals surface area contributed by atoms with Crippen LogP contribution >= 0.6 is 0 Å². The second-order valence-electron chi connectivity index (χ2n) is 7.20. The molecule has 0 bridgehead atoms. The SMILES string of the molecule is CCNC(=O)[C@@H]1C[C@H](NC(=O)c2cc(=O)cc(C)o2)CN1C(=O)C1CCC1. The molecule has 1 saturated heterocycles. The maximum absolute atomic E-state index is 12.7. The molecule has 1 aromatic rings. The number of likely N-dealkylation sites (N-methyl/N-ethyl adjacent to an activating group) is 1. The molecule has 2 heterocycles. The zero-order valence-corrected chi connectivity index (χ0v) is 15.6. The summed E-state index contributed by atoms with van der Waals surface area (Å²) >= 11 is 0. The summed E-state index contributed by atoms with van der Waals surface area (Å²) in [4.78, 5) is 50.7. The molecule has 1 aromatic heterocycles. The van der Waals surface area contributed by atoms with Crippen molar-refractivity contribution < 1.29 is 18.8 Å². The predicted molar refractivity (Wildman–Crippen MR) is 97.1 cm³/mol. The molecular weight excluding hydrogens is 350 g/mol. The second-order valence-corrected chi connectivity index (χ2v) is 7.20. The van der Waals surface area contributed by atoms with E-state index in [9.17, 15) is 19.2 Å². The van der Waals surface area contributed by atoms with Crippen LogP contribution in [-0.2, 0) is 9.59 Å². The Morgan fingerprint density at radius 1 is 1.26 bits per heavy atom. The van der Waals surface area contributed by atoms with E-state index in [2.05, 4.69) is 10.6 Å². The van der Waals surface area contributed by atoms with E-state index in [-0.39, 0.29) is 41.5 Å². The summed E-state index contributed by atoms with van der Waals surface area (Å²) in [6, 6.07) is 1.47. The van der Waals surface area contributed by atoms with Gasteiger partial charge in [0.25, 0.3) is 5.91 Å². The Kier molecular flexibility index (Phi) is 5.62. The minimum atomic E-state index is -0.590. The van der Waals surface area contributed by atoms with Gasteiger partial charge in [0.05, 0.1) is 0 Å². The van der Waals surface area contributed by atoms with Crippen LogP contribution in [0.2, 0.25) is 0 Å². The summed E-state index contributed by atoms with van der Waals surface area (Å²) in [5, 5.41) is 5.55. The van der Waals surface area contributed by atoms with Crippen molar-refractivity contribution >= 4 is 17.7 Å². The van der Waals surface area contributed by atoms with Gasteiger partial charge in [0, 0.05) is 37.2 Å². The van der Waals surface area contributed by atoms with Crippen LogP contribution in [0.1, 0.15) is 48.9 Å². The number of rotatable bonds is 5. The number of hydrogen-bond acceptors (Lipinski definition) is 5. The van der Waals surface area contributed by atoms with Crippen LogP contribution in [0.15, 0.2) is 21.3 Å². The normalized spacial score (nSPS) is 22.2. The lowest BCUT2D eigenvalue weighted by Crippen LogP contribution is -2.49. The molecule has 8 heteroatoms. The third-order valence-electron chi connectivity index (χ3n) is 5.14. The highest BCUT2D eigenvalue weighted by Crippen LogP contribution is 2.31. The average Bonchev–Trinajstić information content (AvgIpc) is 2.96. The summed E-state index contributed by atoms with van der Waals surface area (Å²) in [6.07, 6.45) is 3.07. The molecule has 3 amide bonds. The van der Waals surface area contributed by atoms with E-state index in [4.69, 9.17) is 4.42 Å². The maximum atomic E-state index is 12.7. The molecule has 0 unspecified atom stereocenters. The molecule has 0 spiro atoms. The van der Waals surface area contributed by atoms with Crippen molar-refractivity contribution in [2.75, 3.05) is 13.1 Å². The Hall–Kier alpha value is -2.64. The van der Waals surface area contributed by atoms with Crippen molar-refractivity contribution in [1.29, 1.82) is 0 Å². The molecule has 2 fully saturated rings. The minimum Gasteiger partial charge on any atom is -0.456 e. The molecule has 146 valence electrons. The Morgan fingerprint density at radius 2 is 2.00 bits per heavy atom. The third-order valence-corrected chi connectivity index (χ3v) is 5.14. The third kappa shape index (κ3) is 4.20. The Morgan fingerprint density at radius 3 is 2.59 bits per heavy atom. The van der Waals surface area contributed by atoms with E-state index in [1.165, 1.54) is 6.07 Å². The molecule has 1 aliphatic heterocycles. The summed E-state index contributed by atoms with van der Waals surface area (Å²) in [5.74, 6) is -0.487. The molecule has 27 heavy (non-hydrogen) atoms. The molecular formula is C19H25N3O5. The van der Waals surface area contributed by atoms with Crippen molar-refractivity contribution in [2.45, 2.75) is 51.6 Å². The van der Waals surface area contributed by atoms with Crippen LogP contribution in [0, 0.1) is 12.8 Å². The van der Waals surface area contributed by atoms with Gasteiger partial charge in [-0.25, -0.2) is 0 Å². The number of likely N-dealkylation sites (tertiary alicyclic amines) is 1. The minimum absolute atomic E-state index is 0.0173. The van der Waals surface area contributed by atoms with Gasteiger partial charge >= 0.3 is 0 Å². The maximum Gasteiger partial charge on any atom is 0.287 e. The van der Waals surface area contributed by atoms with Crippen LogP contribution < -0.4 is 16.1 Å². The van der Waals surface area contributed by atoms with Gasteiger partial charge in [0.2, 0.25) is 11.8 Å². The molecule has 2 atom stereocenters. The molecule has 2 aliphatic rings. The highest BCUT2D eigenvalue weighted by atomic mass is 16.3. The Labute approximate surface area is 157 Å². The summed E-state index contributed by atoms with van der Waals surface area (Å²) in [7, 11) is 0. The molecule has 0 radical (unpaired) electrons. The highest BCUT2D eigenvalue weighted by Gasteiger charge is 2.43. The van der Waals surface area contributed by atoms with Gasteiger partial charge in [-0.05, 0) is 33.1 Å². The zero-order valence-electron chi connectivity index (χ0n) is 15.6. The van der Waals surface area contributed by atoms with E-state index in [1.54, 1.807) is 11.8 Å². The van der Waals surface area contributed by atoms with Crippen molar-refractivity contribution in [3.8, 4) is 0 Å². The number of nitrogens with one attached hydrogen (secondary N) is 2. The summed E-state index contributed by atoms with van der Waals surface area (Å²) in [6.45, 7) is 4.17. The lowest BCUT2D eigenvalue weighted by atomic mass is 9.84. The van der Waals surface area contributed by atoms with E-state index in [1.807, 2.05) is 6.92 Å². The standard InChI is InChI=1S/C19H25N3O5/c1-3-20-17(24)15-8-13(10-22(15)19(26)12-5-4-6-12)21-18(25)16-9-14(23)7-11(2)27-16/h7,9,12-13,15H,3-6,8,10H2,1-2H3,(H,20,24)(H,21,25)/t13-,15-/m0/s1. The van der Waals surface area contributed by atoms with Crippen molar-refractivity contribution in [1.82, 2.24) is 15.5 Å². The van der Waals surface area contributed by atoms with Crippen LogP contribution in [-0.4, -0.2) is 47.8 Å². The van der Waals surface area contributed by atoms with Crippen LogP contribution in [0.5, 0.6) is 0 Å². The fraction of sp³-hybridized carbons (Fsp3) is 0.579. The number of aryl methyl sites for hydroxylation is 1. The van der Waals surface area contributed by atoms with Gasteiger partial charge in [-0.15, -0.1) is 0 Å². The first kappa shape index (κ1) is 19.1. The number of hydrogen-bond donors (Lipinski definition) is 2. The predicted octanol–water partition coefficient (Wildman–Crippen LogP) is 0.584. The summed E-state index contributed by atoms with van der Waals surface area (Å²) in [5.41, 5.74) is -0.308. The van der Waals surface area contributed by atoms with Gasteiger partial charge in [-0.3, -0.25) is 19.2 Å². The molecule has 3 rings (SSSR count). The highest BCUT2D eigenvalue weighted by molar-refractivity contribution is 5.92. The number of amides is 3.